The highest BCUT2D eigenvalue weighted by Gasteiger charge is 2.53. The van der Waals surface area contributed by atoms with Gasteiger partial charge in [-0.05, 0) is 30.9 Å². The smallest absolute Gasteiger partial charge is 0.407 e. The van der Waals surface area contributed by atoms with Gasteiger partial charge in [-0.2, -0.15) is 0 Å². The molecule has 0 heterocycles. The second kappa shape index (κ2) is 8.16. The van der Waals surface area contributed by atoms with Crippen LogP contribution in [-0.4, -0.2) is 17.7 Å². The Kier molecular flexibility index (Phi) is 5.69. The maximum Gasteiger partial charge on any atom is 0.407 e. The summed E-state index contributed by atoms with van der Waals surface area (Å²) in [7, 11) is 0. The fourth-order valence-corrected chi connectivity index (χ4v) is 3.79. The van der Waals surface area contributed by atoms with Gasteiger partial charge in [-0.15, -0.1) is 0 Å². The van der Waals surface area contributed by atoms with Crippen molar-refractivity contribution in [3.8, 4) is 0 Å². The van der Waals surface area contributed by atoms with Crippen LogP contribution in [0.5, 0.6) is 0 Å². The van der Waals surface area contributed by atoms with Gasteiger partial charge in [0.2, 0.25) is 0 Å². The van der Waals surface area contributed by atoms with Crippen molar-refractivity contribution in [2.45, 2.75) is 38.8 Å². The van der Waals surface area contributed by atoms with Gasteiger partial charge >= 0.3 is 6.09 Å². The van der Waals surface area contributed by atoms with E-state index in [1.54, 1.807) is 0 Å². The summed E-state index contributed by atoms with van der Waals surface area (Å²) in [4.78, 5) is 37.7. The molecule has 2 aromatic rings. The van der Waals surface area contributed by atoms with Gasteiger partial charge in [0.1, 0.15) is 23.6 Å². The van der Waals surface area contributed by atoms with E-state index < -0.39 is 17.6 Å². The number of nitrogens with one attached hydrogen (secondary N) is 1. The summed E-state index contributed by atoms with van der Waals surface area (Å²) >= 11 is 0. The number of carbonyl (C=O) groups is 3. The largest absolute Gasteiger partial charge is 0.445 e. The Hall–Kier alpha value is -2.95. The number of alkyl carbamates (subject to hydrolysis) is 1. The highest BCUT2D eigenvalue weighted by atomic mass is 16.5. The van der Waals surface area contributed by atoms with E-state index in [9.17, 15) is 14.4 Å². The summed E-state index contributed by atoms with van der Waals surface area (Å²) in [5, 5.41) is 2.80. The number of rotatable bonds is 6. The van der Waals surface area contributed by atoms with Gasteiger partial charge < -0.3 is 10.1 Å². The van der Waals surface area contributed by atoms with Gasteiger partial charge in [-0.1, -0.05) is 60.7 Å². The molecule has 3 rings (SSSR count). The van der Waals surface area contributed by atoms with E-state index >= 15 is 0 Å². The minimum atomic E-state index is -1.23. The molecule has 1 aliphatic carbocycles. The molecule has 1 amide bonds. The average molecular weight is 365 g/mol. The maximum atomic E-state index is 12.7. The Morgan fingerprint density at radius 3 is 2.26 bits per heavy atom. The van der Waals surface area contributed by atoms with Crippen molar-refractivity contribution in [3.63, 3.8) is 0 Å². The molecule has 2 unspecified atom stereocenters. The van der Waals surface area contributed by atoms with E-state index in [0.29, 0.717) is 19.3 Å². The Labute approximate surface area is 158 Å². The van der Waals surface area contributed by atoms with Crippen molar-refractivity contribution >= 4 is 17.7 Å². The lowest BCUT2D eigenvalue weighted by atomic mass is 9.72. The van der Waals surface area contributed by atoms with Crippen LogP contribution in [0.4, 0.5) is 4.79 Å². The van der Waals surface area contributed by atoms with Crippen LogP contribution in [0.15, 0.2) is 60.7 Å². The van der Waals surface area contributed by atoms with E-state index in [4.69, 9.17) is 4.74 Å². The number of hydrogen-bond donors (Lipinski definition) is 1. The molecule has 1 fully saturated rings. The predicted molar refractivity (Wildman–Crippen MR) is 101 cm³/mol. The van der Waals surface area contributed by atoms with Gasteiger partial charge in [0.15, 0.2) is 0 Å². The first kappa shape index (κ1) is 18.8. The number of benzene rings is 2. The van der Waals surface area contributed by atoms with Crippen molar-refractivity contribution < 1.29 is 19.1 Å². The molecule has 1 saturated carbocycles. The molecule has 0 bridgehead atoms. The summed E-state index contributed by atoms with van der Waals surface area (Å²) < 4.78 is 5.33. The SMILES string of the molecule is CC(=O)C1(C(NC(=O)OCc2ccccc2)c2ccccc2)CCCC1=O. The number of amides is 1. The minimum absolute atomic E-state index is 0.118. The van der Waals surface area contributed by atoms with E-state index in [0.717, 1.165) is 11.1 Å². The van der Waals surface area contributed by atoms with Crippen LogP contribution >= 0.6 is 0 Å². The lowest BCUT2D eigenvalue weighted by Crippen LogP contribution is -2.48. The quantitative estimate of drug-likeness (QED) is 0.786. The lowest BCUT2D eigenvalue weighted by Gasteiger charge is -2.34. The zero-order valence-corrected chi connectivity index (χ0v) is 15.3. The van der Waals surface area contributed by atoms with Crippen LogP contribution < -0.4 is 5.32 Å². The number of ketones is 2. The fourth-order valence-electron chi connectivity index (χ4n) is 3.79. The van der Waals surface area contributed by atoms with Gasteiger partial charge in [0, 0.05) is 6.42 Å². The third kappa shape index (κ3) is 3.92. The van der Waals surface area contributed by atoms with Crippen molar-refractivity contribution in [3.05, 3.63) is 71.8 Å². The highest BCUT2D eigenvalue weighted by molar-refractivity contribution is 6.08. The van der Waals surface area contributed by atoms with E-state index in [2.05, 4.69) is 5.32 Å². The predicted octanol–water partition coefficient (Wildman–Crippen LogP) is 3.98. The first-order valence-electron chi connectivity index (χ1n) is 9.10. The number of hydrogen-bond acceptors (Lipinski definition) is 4. The molecule has 0 radical (unpaired) electrons. The number of ether oxygens (including phenoxy) is 1. The molecule has 0 aromatic heterocycles. The van der Waals surface area contributed by atoms with E-state index in [1.807, 2.05) is 60.7 Å². The van der Waals surface area contributed by atoms with Gasteiger partial charge in [0.25, 0.3) is 0 Å². The third-order valence-electron chi connectivity index (χ3n) is 5.20. The zero-order valence-electron chi connectivity index (χ0n) is 15.3. The molecule has 2 atom stereocenters. The first-order chi connectivity index (χ1) is 13.0. The van der Waals surface area contributed by atoms with Crippen LogP contribution in [0.25, 0.3) is 0 Å². The van der Waals surface area contributed by atoms with Crippen LogP contribution in [0, 0.1) is 5.41 Å². The number of carbonyl (C=O) groups excluding carboxylic acids is 3. The molecule has 5 heteroatoms. The van der Waals surface area contributed by atoms with Gasteiger partial charge in [-0.3, -0.25) is 9.59 Å². The molecule has 2 aromatic carbocycles. The highest BCUT2D eigenvalue weighted by Crippen LogP contribution is 2.46. The van der Waals surface area contributed by atoms with Crippen molar-refractivity contribution in [2.75, 3.05) is 0 Å². The summed E-state index contributed by atoms with van der Waals surface area (Å²) in [5.41, 5.74) is 0.356. The van der Waals surface area contributed by atoms with Crippen molar-refractivity contribution in [1.82, 2.24) is 5.32 Å². The van der Waals surface area contributed by atoms with Crippen LogP contribution in [-0.2, 0) is 20.9 Å². The Morgan fingerprint density at radius 2 is 1.70 bits per heavy atom. The summed E-state index contributed by atoms with van der Waals surface area (Å²) in [6, 6.07) is 17.7. The normalized spacial score (nSPS) is 20.1. The molecule has 0 saturated heterocycles. The molecule has 0 aliphatic heterocycles. The van der Waals surface area contributed by atoms with Crippen molar-refractivity contribution in [1.29, 1.82) is 0 Å². The maximum absolute atomic E-state index is 12.7. The van der Waals surface area contributed by atoms with Gasteiger partial charge in [-0.25, -0.2) is 4.79 Å². The van der Waals surface area contributed by atoms with Crippen LogP contribution in [0.2, 0.25) is 0 Å². The summed E-state index contributed by atoms with van der Waals surface area (Å²) in [6.07, 6.45) is 0.777. The zero-order chi connectivity index (χ0) is 19.3. The first-order valence-corrected chi connectivity index (χ1v) is 9.10. The van der Waals surface area contributed by atoms with Crippen LogP contribution in [0.3, 0.4) is 0 Å². The lowest BCUT2D eigenvalue weighted by molar-refractivity contribution is -0.139. The second-order valence-electron chi connectivity index (χ2n) is 6.85. The number of Topliss-reactive ketones (excluding diaryl/α,β-unsaturated/α-hetero) is 2. The van der Waals surface area contributed by atoms with E-state index in [1.165, 1.54) is 6.92 Å². The topological polar surface area (TPSA) is 72.5 Å². The Bertz CT molecular complexity index is 819. The monoisotopic (exact) mass is 365 g/mol. The summed E-state index contributed by atoms with van der Waals surface area (Å²) in [6.45, 7) is 1.55. The molecule has 1 aliphatic rings. The molecule has 0 spiro atoms. The standard InChI is InChI=1S/C22H23NO4/c1-16(24)22(14-8-13-19(22)25)20(18-11-6-3-7-12-18)23-21(26)27-15-17-9-4-2-5-10-17/h2-7,9-12,20H,8,13-15H2,1H3,(H,23,26). The molecule has 140 valence electrons. The van der Waals surface area contributed by atoms with E-state index in [-0.39, 0.29) is 18.2 Å². The fraction of sp³-hybridized carbons (Fsp3) is 0.318. The van der Waals surface area contributed by atoms with Gasteiger partial charge in [0.05, 0.1) is 6.04 Å². The Balaban J connectivity index is 1.84. The molecular formula is C22H23NO4. The van der Waals surface area contributed by atoms with Crippen molar-refractivity contribution in [2.24, 2.45) is 5.41 Å². The second-order valence-corrected chi connectivity index (χ2v) is 6.85. The van der Waals surface area contributed by atoms with Crippen LogP contribution in [0.1, 0.15) is 43.4 Å². The third-order valence-corrected chi connectivity index (χ3v) is 5.20. The Morgan fingerprint density at radius 1 is 1.07 bits per heavy atom. The minimum Gasteiger partial charge on any atom is -0.445 e. The summed E-state index contributed by atoms with van der Waals surface area (Å²) in [5.74, 6) is -0.338. The molecular weight excluding hydrogens is 342 g/mol. The molecule has 5 nitrogen and oxygen atoms in total. The molecule has 1 N–H and O–H groups in total. The average Bonchev–Trinajstić information content (AvgIpc) is 3.08. The molecule has 27 heavy (non-hydrogen) atoms.